The Labute approximate surface area is 164 Å². The van der Waals surface area contributed by atoms with E-state index in [0.29, 0.717) is 5.56 Å². The number of benzene rings is 3. The van der Waals surface area contributed by atoms with Gasteiger partial charge in [-0.3, -0.25) is 10.2 Å². The Bertz CT molecular complexity index is 995. The second kappa shape index (κ2) is 9.27. The summed E-state index contributed by atoms with van der Waals surface area (Å²) in [5.41, 5.74) is 6.93. The van der Waals surface area contributed by atoms with Gasteiger partial charge in [-0.1, -0.05) is 66.7 Å². The van der Waals surface area contributed by atoms with E-state index in [2.05, 4.69) is 15.6 Å². The molecule has 0 saturated heterocycles. The molecule has 0 bridgehead atoms. The molecule has 0 heterocycles. The highest BCUT2D eigenvalue weighted by atomic mass is 32.2. The van der Waals surface area contributed by atoms with E-state index in [-0.39, 0.29) is 17.3 Å². The lowest BCUT2D eigenvalue weighted by atomic mass is 10.1. The first-order chi connectivity index (χ1) is 13.6. The van der Waals surface area contributed by atoms with Crippen LogP contribution in [0.15, 0.2) is 95.9 Å². The van der Waals surface area contributed by atoms with E-state index in [1.54, 1.807) is 42.5 Å². The number of carbonyl (C=O) groups excluding carboxylic acids is 1. The maximum atomic E-state index is 12.5. The number of hydrogen-bond donors (Lipinski definition) is 3. The van der Waals surface area contributed by atoms with Crippen molar-refractivity contribution in [1.82, 2.24) is 15.6 Å². The summed E-state index contributed by atoms with van der Waals surface area (Å²) in [4.78, 5) is 12.5. The standard InChI is InChI=1S/C21H21N3O3S/c25-21(18-12-6-2-7-13-18)24-23-20(17-10-4-1-5-11-17)16-22-28(26,27)19-14-8-3-9-15-19/h1-15,20,22-23H,16H2,(H,24,25). The molecule has 7 heteroatoms. The number of hydrazine groups is 1. The van der Waals surface area contributed by atoms with Crippen molar-refractivity contribution < 1.29 is 13.2 Å². The van der Waals surface area contributed by atoms with Crippen molar-refractivity contribution in [2.45, 2.75) is 10.9 Å². The zero-order chi connectivity index (χ0) is 19.8. The van der Waals surface area contributed by atoms with E-state index < -0.39 is 16.1 Å². The van der Waals surface area contributed by atoms with Crippen LogP contribution in [0, 0.1) is 0 Å². The third-order valence-electron chi connectivity index (χ3n) is 4.13. The fourth-order valence-electron chi connectivity index (χ4n) is 2.63. The number of rotatable bonds is 8. The molecular weight excluding hydrogens is 374 g/mol. The van der Waals surface area contributed by atoms with Crippen molar-refractivity contribution in [1.29, 1.82) is 0 Å². The van der Waals surface area contributed by atoms with Crippen LogP contribution < -0.4 is 15.6 Å². The number of carbonyl (C=O) groups is 1. The normalized spacial score (nSPS) is 12.3. The summed E-state index contributed by atoms with van der Waals surface area (Å²) in [6.07, 6.45) is 0. The minimum Gasteiger partial charge on any atom is -0.287 e. The van der Waals surface area contributed by atoms with Gasteiger partial charge in [0.15, 0.2) is 0 Å². The first-order valence-electron chi connectivity index (χ1n) is 8.77. The van der Waals surface area contributed by atoms with E-state index in [0.717, 1.165) is 5.56 Å². The molecule has 0 fully saturated rings. The van der Waals surface area contributed by atoms with Crippen molar-refractivity contribution in [3.63, 3.8) is 0 Å². The number of amides is 1. The molecule has 28 heavy (non-hydrogen) atoms. The van der Waals surface area contributed by atoms with Gasteiger partial charge in [0.2, 0.25) is 10.0 Å². The number of hydrogen-bond acceptors (Lipinski definition) is 4. The molecule has 3 aromatic rings. The van der Waals surface area contributed by atoms with Gasteiger partial charge in [-0.15, -0.1) is 0 Å². The van der Waals surface area contributed by atoms with Crippen molar-refractivity contribution in [2.75, 3.05) is 6.54 Å². The van der Waals surface area contributed by atoms with Crippen LogP contribution in [0.5, 0.6) is 0 Å². The summed E-state index contributed by atoms with van der Waals surface area (Å²) in [7, 11) is -3.66. The fourth-order valence-corrected chi connectivity index (χ4v) is 3.70. The quantitative estimate of drug-likeness (QED) is 0.512. The molecule has 0 spiro atoms. The van der Waals surface area contributed by atoms with Crippen LogP contribution in [0.25, 0.3) is 0 Å². The first kappa shape index (κ1) is 19.8. The molecular formula is C21H21N3O3S. The molecule has 6 nitrogen and oxygen atoms in total. The highest BCUT2D eigenvalue weighted by Gasteiger charge is 2.18. The van der Waals surface area contributed by atoms with Crippen molar-refractivity contribution >= 4 is 15.9 Å². The minimum absolute atomic E-state index is 0.0658. The van der Waals surface area contributed by atoms with E-state index in [1.165, 1.54) is 12.1 Å². The Morgan fingerprint density at radius 1 is 0.786 bits per heavy atom. The van der Waals surface area contributed by atoms with Crippen LogP contribution >= 0.6 is 0 Å². The lowest BCUT2D eigenvalue weighted by Gasteiger charge is -2.20. The third kappa shape index (κ3) is 5.26. The fraction of sp³-hybridized carbons (Fsp3) is 0.0952. The van der Waals surface area contributed by atoms with Crippen LogP contribution in [0.4, 0.5) is 0 Å². The summed E-state index contributed by atoms with van der Waals surface area (Å²) in [5.74, 6) is -0.299. The molecule has 1 unspecified atom stereocenters. The van der Waals surface area contributed by atoms with Gasteiger partial charge in [-0.05, 0) is 29.8 Å². The number of sulfonamides is 1. The van der Waals surface area contributed by atoms with E-state index in [4.69, 9.17) is 0 Å². The summed E-state index contributed by atoms with van der Waals surface area (Å²) < 4.78 is 27.6. The molecule has 3 rings (SSSR count). The Hall–Kier alpha value is -3.00. The Morgan fingerprint density at radius 3 is 1.93 bits per heavy atom. The molecule has 0 aliphatic rings. The van der Waals surface area contributed by atoms with Gasteiger partial charge < -0.3 is 0 Å². The molecule has 0 saturated carbocycles. The SMILES string of the molecule is O=C(NNC(CNS(=O)(=O)c1ccccc1)c1ccccc1)c1ccccc1. The minimum atomic E-state index is -3.66. The van der Waals surface area contributed by atoms with Gasteiger partial charge >= 0.3 is 0 Å². The van der Waals surface area contributed by atoms with Gasteiger partial charge in [0.25, 0.3) is 5.91 Å². The Kier molecular flexibility index (Phi) is 6.54. The summed E-state index contributed by atoms with van der Waals surface area (Å²) >= 11 is 0. The molecule has 0 aliphatic heterocycles. The van der Waals surface area contributed by atoms with Gasteiger partial charge in [0, 0.05) is 12.1 Å². The number of nitrogens with one attached hydrogen (secondary N) is 3. The maximum Gasteiger partial charge on any atom is 0.265 e. The first-order valence-corrected chi connectivity index (χ1v) is 10.3. The molecule has 0 aromatic heterocycles. The average Bonchev–Trinajstić information content (AvgIpc) is 2.75. The molecule has 144 valence electrons. The molecule has 3 N–H and O–H groups in total. The van der Waals surface area contributed by atoms with Crippen molar-refractivity contribution in [3.8, 4) is 0 Å². The molecule has 3 aromatic carbocycles. The van der Waals surface area contributed by atoms with Crippen molar-refractivity contribution in [2.24, 2.45) is 0 Å². The van der Waals surface area contributed by atoms with Gasteiger partial charge in [0.1, 0.15) is 0 Å². The zero-order valence-electron chi connectivity index (χ0n) is 15.1. The maximum absolute atomic E-state index is 12.5. The van der Waals surface area contributed by atoms with Crippen LogP contribution in [0.2, 0.25) is 0 Å². The average molecular weight is 395 g/mol. The summed E-state index contributed by atoms with van der Waals surface area (Å²) in [5, 5.41) is 0. The lowest BCUT2D eigenvalue weighted by Crippen LogP contribution is -2.44. The molecule has 1 amide bonds. The third-order valence-corrected chi connectivity index (χ3v) is 5.57. The topological polar surface area (TPSA) is 87.3 Å². The van der Waals surface area contributed by atoms with E-state index in [1.807, 2.05) is 36.4 Å². The lowest BCUT2D eigenvalue weighted by molar-refractivity contribution is 0.0925. The van der Waals surface area contributed by atoms with E-state index >= 15 is 0 Å². The van der Waals surface area contributed by atoms with Crippen LogP contribution in [0.1, 0.15) is 22.0 Å². The van der Waals surface area contributed by atoms with Gasteiger partial charge in [-0.25, -0.2) is 18.6 Å². The summed E-state index contributed by atoms with van der Waals surface area (Å²) in [6.45, 7) is 0.0658. The van der Waals surface area contributed by atoms with Crippen LogP contribution in [0.3, 0.4) is 0 Å². The second-order valence-corrected chi connectivity index (χ2v) is 7.86. The van der Waals surface area contributed by atoms with Gasteiger partial charge in [-0.2, -0.15) is 0 Å². The predicted molar refractivity (Wildman–Crippen MR) is 108 cm³/mol. The Morgan fingerprint density at radius 2 is 1.32 bits per heavy atom. The monoisotopic (exact) mass is 395 g/mol. The van der Waals surface area contributed by atoms with Crippen LogP contribution in [-0.2, 0) is 10.0 Å². The van der Waals surface area contributed by atoms with Gasteiger partial charge in [0.05, 0.1) is 10.9 Å². The highest BCUT2D eigenvalue weighted by Crippen LogP contribution is 2.13. The molecule has 1 atom stereocenters. The zero-order valence-corrected chi connectivity index (χ0v) is 15.9. The predicted octanol–water partition coefficient (Wildman–Crippen LogP) is 2.64. The van der Waals surface area contributed by atoms with E-state index in [9.17, 15) is 13.2 Å². The molecule has 0 aliphatic carbocycles. The smallest absolute Gasteiger partial charge is 0.265 e. The summed E-state index contributed by atoms with van der Waals surface area (Å²) in [6, 6.07) is 25.8. The van der Waals surface area contributed by atoms with Crippen LogP contribution in [-0.4, -0.2) is 20.9 Å². The molecule has 0 radical (unpaired) electrons. The largest absolute Gasteiger partial charge is 0.287 e. The van der Waals surface area contributed by atoms with Crippen molar-refractivity contribution in [3.05, 3.63) is 102 Å². The Balaban J connectivity index is 1.70. The second-order valence-electron chi connectivity index (χ2n) is 6.09. The highest BCUT2D eigenvalue weighted by molar-refractivity contribution is 7.89.